The standard InChI is InChI=1S/C15H23NO.C9H12O.C5H6.C4H6O.I3.I2.HI/c17-15(6-9-16-7-2-1-3-8-16)14-11-12-4-5-13(14)10-12;1-6(10)9-5-7-2-3-8(9)4-7;1-2-4-5-3-1;1-3-4(2)5;1-3-2;1-2;/h4-5,12-14H,1-3,6-11H2;2-3,7-9H,4-5H2,1H3;1-4H,5H2;3H,1H2,2H3;;;1H/q;;;;-1;;. The quantitative estimate of drug-likeness (QED) is 0.155. The molecule has 6 unspecified atom stereocenters. The van der Waals surface area contributed by atoms with Gasteiger partial charge in [0.1, 0.15) is 11.6 Å². The molecule has 0 radical (unpaired) electrons. The van der Waals surface area contributed by atoms with Crippen molar-refractivity contribution in [2.45, 2.75) is 71.6 Å². The second kappa shape index (κ2) is 27.9. The minimum absolute atomic E-state index is 0. The first kappa shape index (κ1) is 45.0. The summed E-state index contributed by atoms with van der Waals surface area (Å²) in [5.41, 5.74) is 0. The van der Waals surface area contributed by atoms with E-state index in [2.05, 4.69) is 135 Å². The molecule has 0 N–H and O–H groups in total. The van der Waals surface area contributed by atoms with Crippen LogP contribution < -0.4 is 13.3 Å². The molecule has 43 heavy (non-hydrogen) atoms. The van der Waals surface area contributed by atoms with Crippen LogP contribution in [0.4, 0.5) is 0 Å². The van der Waals surface area contributed by atoms with Crippen LogP contribution in [-0.2, 0) is 14.4 Å². The SMILES string of the molecule is C1=CCC=C1.C=CC(C)=O.CC(=O)C1CC2C=CC1C2.I.II.I[I-]I.O=C(CCN1CCCCC1)C1CC2C=CC1C2. The second-order valence-electron chi connectivity index (χ2n) is 11.5. The zero-order valence-corrected chi connectivity index (χ0v) is 38.4. The monoisotopic (exact) mass is 1270 g/mol. The summed E-state index contributed by atoms with van der Waals surface area (Å²) in [6, 6.07) is 0. The van der Waals surface area contributed by atoms with E-state index in [1.54, 1.807) is 6.92 Å². The maximum atomic E-state index is 12.2. The summed E-state index contributed by atoms with van der Waals surface area (Å²) in [4.78, 5) is 35.4. The van der Waals surface area contributed by atoms with Gasteiger partial charge in [0.15, 0.2) is 5.78 Å². The van der Waals surface area contributed by atoms with Crippen molar-refractivity contribution in [3.63, 3.8) is 0 Å². The number of likely N-dealkylation sites (tertiary alicyclic amines) is 1. The first-order chi connectivity index (χ1) is 20.3. The van der Waals surface area contributed by atoms with Crippen LogP contribution in [0.15, 0.2) is 61.3 Å². The van der Waals surface area contributed by atoms with Gasteiger partial charge >= 0.3 is 50.5 Å². The van der Waals surface area contributed by atoms with Crippen LogP contribution in [0.25, 0.3) is 0 Å². The Bertz CT molecular complexity index is 935. The molecule has 2 saturated carbocycles. The van der Waals surface area contributed by atoms with Crippen molar-refractivity contribution >= 4 is 116 Å². The summed E-state index contributed by atoms with van der Waals surface area (Å²) in [5.74, 6) is 4.33. The average molecular weight is 1270 g/mol. The Hall–Kier alpha value is 2.05. The predicted molar refractivity (Wildman–Crippen MR) is 224 cm³/mol. The van der Waals surface area contributed by atoms with E-state index in [4.69, 9.17) is 0 Å². The third kappa shape index (κ3) is 19.0. The fourth-order valence-electron chi connectivity index (χ4n) is 6.43. The number of fused-ring (bicyclic) bond motifs is 4. The number of piperidine rings is 1. The molecular formula is C33H48I6NO3-. The van der Waals surface area contributed by atoms with E-state index in [1.165, 1.54) is 58.2 Å². The van der Waals surface area contributed by atoms with Gasteiger partial charge in [-0.3, -0.25) is 14.4 Å². The Morgan fingerprint density at radius 3 is 1.60 bits per heavy atom. The molecule has 0 aromatic rings. The van der Waals surface area contributed by atoms with Gasteiger partial charge in [-0.25, -0.2) is 0 Å². The van der Waals surface area contributed by atoms with Gasteiger partial charge in [0.2, 0.25) is 0 Å². The zero-order chi connectivity index (χ0) is 31.3. The van der Waals surface area contributed by atoms with Gasteiger partial charge in [0, 0.05) is 62.0 Å². The van der Waals surface area contributed by atoms with Crippen molar-refractivity contribution < 1.29 is 27.6 Å². The Morgan fingerprint density at radius 2 is 1.30 bits per heavy atom. The molecular weight excluding hydrogens is 1220 g/mol. The van der Waals surface area contributed by atoms with E-state index >= 15 is 0 Å². The number of carbonyl (C=O) groups is 3. The van der Waals surface area contributed by atoms with E-state index in [-0.39, 0.29) is 29.8 Å². The molecule has 6 aliphatic rings. The Morgan fingerprint density at radius 1 is 0.837 bits per heavy atom. The molecule has 6 atom stereocenters. The molecule has 3 fully saturated rings. The molecule has 0 aromatic heterocycles. The van der Waals surface area contributed by atoms with Gasteiger partial charge < -0.3 is 4.90 Å². The molecule has 0 spiro atoms. The third-order valence-electron chi connectivity index (χ3n) is 8.56. The molecule has 1 heterocycles. The summed E-state index contributed by atoms with van der Waals surface area (Å²) in [6.45, 7) is 9.83. The Kier molecular flexibility index (Phi) is 29.3. The van der Waals surface area contributed by atoms with Crippen LogP contribution in [0.2, 0.25) is 0 Å². The minimum Gasteiger partial charge on any atom is -0.303 e. The fraction of sp³-hybridized carbons (Fsp3) is 0.606. The largest absolute Gasteiger partial charge is 0.303 e. The van der Waals surface area contributed by atoms with Crippen molar-refractivity contribution in [2.24, 2.45) is 35.5 Å². The number of halogens is 6. The molecule has 5 aliphatic carbocycles. The maximum Gasteiger partial charge on any atom is 0.137 e. The molecule has 246 valence electrons. The summed E-state index contributed by atoms with van der Waals surface area (Å²) in [7, 11) is 0. The van der Waals surface area contributed by atoms with Crippen LogP contribution in [0.5, 0.6) is 0 Å². The smallest absolute Gasteiger partial charge is 0.137 e. The molecule has 10 heteroatoms. The first-order valence-electron chi connectivity index (χ1n) is 14.9. The third-order valence-corrected chi connectivity index (χ3v) is 8.56. The zero-order valence-electron chi connectivity index (χ0n) is 25.3. The maximum absolute atomic E-state index is 12.2. The molecule has 1 saturated heterocycles. The number of nitrogens with zero attached hydrogens (tertiary/aromatic N) is 1. The number of Topliss-reactive ketones (excluding diaryl/α,β-unsaturated/α-hetero) is 2. The number of hydrogen-bond acceptors (Lipinski definition) is 4. The van der Waals surface area contributed by atoms with Crippen molar-refractivity contribution in [3.05, 3.63) is 61.3 Å². The van der Waals surface area contributed by atoms with E-state index in [1.807, 2.05) is 0 Å². The minimum atomic E-state index is 0. The van der Waals surface area contributed by atoms with Gasteiger partial charge in [-0.15, -0.1) is 24.0 Å². The van der Waals surface area contributed by atoms with Crippen molar-refractivity contribution in [1.82, 2.24) is 4.90 Å². The molecule has 4 nitrogen and oxygen atoms in total. The topological polar surface area (TPSA) is 54.5 Å². The van der Waals surface area contributed by atoms with E-state index in [0.29, 0.717) is 48.5 Å². The van der Waals surface area contributed by atoms with Crippen LogP contribution in [0.1, 0.15) is 71.6 Å². The number of allylic oxidation sites excluding steroid dienone is 9. The van der Waals surface area contributed by atoms with E-state index in [9.17, 15) is 14.4 Å². The first-order valence-corrected chi connectivity index (χ1v) is 33.7. The summed E-state index contributed by atoms with van der Waals surface area (Å²) in [5, 5.41) is 0. The van der Waals surface area contributed by atoms with Gasteiger partial charge in [-0.2, -0.15) is 0 Å². The van der Waals surface area contributed by atoms with Crippen LogP contribution >= 0.6 is 98.4 Å². The summed E-state index contributed by atoms with van der Waals surface area (Å²) >= 11 is 9.54. The fourth-order valence-corrected chi connectivity index (χ4v) is 6.43. The van der Waals surface area contributed by atoms with Gasteiger partial charge in [-0.1, -0.05) is 61.6 Å². The number of ketones is 3. The van der Waals surface area contributed by atoms with Crippen LogP contribution in [0, 0.1) is 35.5 Å². The Labute approximate surface area is 331 Å². The van der Waals surface area contributed by atoms with Gasteiger partial charge in [-0.05, 0) is 102 Å². The van der Waals surface area contributed by atoms with Gasteiger partial charge in [0.25, 0.3) is 0 Å². The molecule has 0 aromatic carbocycles. The number of rotatable bonds is 6. The molecule has 1 aliphatic heterocycles. The van der Waals surface area contributed by atoms with E-state index < -0.39 is 0 Å². The normalized spacial score (nSPS) is 27.9. The number of carbonyl (C=O) groups excluding carboxylic acids is 3. The summed E-state index contributed by atoms with van der Waals surface area (Å²) in [6.07, 6.45) is 29.4. The predicted octanol–water partition coefficient (Wildman–Crippen LogP) is 7.86. The van der Waals surface area contributed by atoms with Crippen LogP contribution in [0.3, 0.4) is 0 Å². The van der Waals surface area contributed by atoms with Gasteiger partial charge in [0.05, 0.1) is 0 Å². The Balaban J connectivity index is 0.000000578. The number of hydrogen-bond donors (Lipinski definition) is 0. The van der Waals surface area contributed by atoms with Crippen molar-refractivity contribution in [2.75, 3.05) is 19.6 Å². The second-order valence-corrected chi connectivity index (χ2v) is 27.7. The van der Waals surface area contributed by atoms with Crippen molar-refractivity contribution in [1.29, 1.82) is 0 Å². The molecule has 0 amide bonds. The molecule has 4 bridgehead atoms. The van der Waals surface area contributed by atoms with E-state index in [0.717, 1.165) is 44.1 Å². The van der Waals surface area contributed by atoms with Crippen molar-refractivity contribution in [3.8, 4) is 0 Å². The average Bonchev–Trinajstić information content (AvgIpc) is 3.86. The molecule has 6 rings (SSSR count). The van der Waals surface area contributed by atoms with Crippen LogP contribution in [-0.4, -0.2) is 41.9 Å². The summed E-state index contributed by atoms with van der Waals surface area (Å²) < 4.78 is 0.